The number of amides is 2. The van der Waals surface area contributed by atoms with Crippen molar-refractivity contribution in [3.8, 4) is 11.5 Å². The van der Waals surface area contributed by atoms with Crippen molar-refractivity contribution in [1.82, 2.24) is 20.0 Å². The van der Waals surface area contributed by atoms with Gasteiger partial charge in [0.1, 0.15) is 11.5 Å². The maximum Gasteiger partial charge on any atom is 0.329 e. The van der Waals surface area contributed by atoms with Gasteiger partial charge in [0.25, 0.3) is 5.92 Å². The molecule has 3 rings (SSSR count). The minimum Gasteiger partial charge on any atom is -0.496 e. The fourth-order valence-corrected chi connectivity index (χ4v) is 4.39. The summed E-state index contributed by atoms with van der Waals surface area (Å²) in [7, 11) is 3.06. The van der Waals surface area contributed by atoms with Crippen LogP contribution in [-0.4, -0.2) is 64.0 Å². The number of methoxy groups -OCH3 is 2. The Morgan fingerprint density at radius 3 is 2.29 bits per heavy atom. The Balaban J connectivity index is 1.87. The summed E-state index contributed by atoms with van der Waals surface area (Å²) >= 11 is 0. The zero-order valence-electron chi connectivity index (χ0n) is 20.6. The van der Waals surface area contributed by atoms with Gasteiger partial charge in [-0.05, 0) is 50.5 Å². The second-order valence-electron chi connectivity index (χ2n) is 9.08. The summed E-state index contributed by atoms with van der Waals surface area (Å²) in [5.41, 5.74) is 0.483. The van der Waals surface area contributed by atoms with E-state index < -0.39 is 42.3 Å². The zero-order valence-corrected chi connectivity index (χ0v) is 20.6. The summed E-state index contributed by atoms with van der Waals surface area (Å²) in [6, 6.07) is 2.29. The maximum absolute atomic E-state index is 13.6. The van der Waals surface area contributed by atoms with Crippen molar-refractivity contribution >= 4 is 12.0 Å². The highest BCUT2D eigenvalue weighted by molar-refractivity contribution is 5.88. The van der Waals surface area contributed by atoms with E-state index >= 15 is 0 Å². The molecule has 192 valence electrons. The van der Waals surface area contributed by atoms with Crippen LogP contribution in [0.2, 0.25) is 0 Å². The fraction of sp³-hybridized carbons (Fsp3) is 0.542. The lowest BCUT2D eigenvalue weighted by molar-refractivity contribution is -0.175. The van der Waals surface area contributed by atoms with Gasteiger partial charge in [-0.3, -0.25) is 4.68 Å². The molecule has 35 heavy (non-hydrogen) atoms. The molecule has 0 saturated heterocycles. The van der Waals surface area contributed by atoms with Gasteiger partial charge >= 0.3 is 12.0 Å². The van der Waals surface area contributed by atoms with E-state index in [0.29, 0.717) is 30.0 Å². The van der Waals surface area contributed by atoms with Crippen LogP contribution in [0.4, 0.5) is 13.6 Å². The molecule has 9 nitrogen and oxygen atoms in total. The number of rotatable bonds is 10. The second kappa shape index (κ2) is 10.1. The predicted octanol–water partition coefficient (Wildman–Crippen LogP) is 3.93. The summed E-state index contributed by atoms with van der Waals surface area (Å²) < 4.78 is 39.8. The van der Waals surface area contributed by atoms with Crippen molar-refractivity contribution in [1.29, 1.82) is 0 Å². The Hall–Kier alpha value is -3.37. The summed E-state index contributed by atoms with van der Waals surface area (Å²) in [4.78, 5) is 26.6. The van der Waals surface area contributed by atoms with E-state index in [9.17, 15) is 23.5 Å². The molecule has 1 aromatic heterocycles. The molecule has 0 spiro atoms. The highest BCUT2D eigenvalue weighted by atomic mass is 19.3. The average Bonchev–Trinajstić information content (AvgIpc) is 3.19. The number of carboxylic acid groups (broad SMARTS) is 1. The van der Waals surface area contributed by atoms with Crippen molar-refractivity contribution in [3.63, 3.8) is 0 Å². The number of nitrogens with one attached hydrogen (secondary N) is 1. The number of nitrogens with zero attached hydrogens (tertiary/aromatic N) is 3. The molecule has 2 aromatic rings. The number of aliphatic carboxylic acids is 1. The van der Waals surface area contributed by atoms with Gasteiger partial charge in [-0.2, -0.15) is 5.10 Å². The molecule has 1 heterocycles. The SMILES string of the molecule is COc1cc(C(C)N(CCCn2cc(C)cn2)C(=O)NC2(C(=O)O)CC(F)(F)C2)cc(OC)c1C. The van der Waals surface area contributed by atoms with Crippen LogP contribution in [0, 0.1) is 13.8 Å². The number of urea groups is 1. The van der Waals surface area contributed by atoms with Crippen LogP contribution in [0.3, 0.4) is 0 Å². The van der Waals surface area contributed by atoms with Gasteiger partial charge in [-0.25, -0.2) is 18.4 Å². The molecule has 1 saturated carbocycles. The maximum atomic E-state index is 13.6. The minimum absolute atomic E-state index is 0.233. The molecule has 2 N–H and O–H groups in total. The number of carboxylic acids is 1. The Morgan fingerprint density at radius 1 is 1.23 bits per heavy atom. The number of hydrogen-bond acceptors (Lipinski definition) is 5. The number of halogens is 2. The smallest absolute Gasteiger partial charge is 0.329 e. The van der Waals surface area contributed by atoms with E-state index in [0.717, 1.165) is 11.1 Å². The topological polar surface area (TPSA) is 106 Å². The Bertz CT molecular complexity index is 1050. The molecule has 0 aliphatic heterocycles. The number of aromatic nitrogens is 2. The van der Waals surface area contributed by atoms with E-state index in [2.05, 4.69) is 10.4 Å². The molecule has 1 aliphatic carbocycles. The highest BCUT2D eigenvalue weighted by Crippen LogP contribution is 2.46. The van der Waals surface area contributed by atoms with Gasteiger partial charge < -0.3 is 24.8 Å². The first-order chi connectivity index (χ1) is 16.4. The molecule has 1 fully saturated rings. The largest absolute Gasteiger partial charge is 0.496 e. The molecular formula is C24H32F2N4O5. The number of alkyl halides is 2. The lowest BCUT2D eigenvalue weighted by Crippen LogP contribution is -2.68. The van der Waals surface area contributed by atoms with Gasteiger partial charge in [-0.15, -0.1) is 0 Å². The van der Waals surface area contributed by atoms with Crippen LogP contribution in [0.25, 0.3) is 0 Å². The standard InChI is InChI=1S/C24H32F2N4O5/c1-15-11-27-29(12-15)7-6-8-30(22(33)28-23(21(31)32)13-24(25,26)14-23)17(3)18-9-19(34-4)16(2)20(10-18)35-5/h9-12,17H,6-8,13-14H2,1-5H3,(H,28,33)(H,31,32). The van der Waals surface area contributed by atoms with Gasteiger partial charge in [0.05, 0.1) is 26.5 Å². The fourth-order valence-electron chi connectivity index (χ4n) is 4.39. The number of ether oxygens (including phenoxy) is 2. The molecule has 1 unspecified atom stereocenters. The summed E-state index contributed by atoms with van der Waals surface area (Å²) in [5.74, 6) is -3.47. The molecule has 11 heteroatoms. The molecule has 2 amide bonds. The third-order valence-electron chi connectivity index (χ3n) is 6.41. The number of aryl methyl sites for hydroxylation is 2. The third kappa shape index (κ3) is 5.66. The van der Waals surface area contributed by atoms with Crippen LogP contribution < -0.4 is 14.8 Å². The normalized spacial score (nSPS) is 16.7. The molecule has 0 radical (unpaired) electrons. The van der Waals surface area contributed by atoms with Crippen LogP contribution >= 0.6 is 0 Å². The van der Waals surface area contributed by atoms with E-state index in [4.69, 9.17) is 9.47 Å². The van der Waals surface area contributed by atoms with Crippen molar-refractivity contribution in [3.05, 3.63) is 41.2 Å². The van der Waals surface area contributed by atoms with Crippen molar-refractivity contribution in [2.45, 2.75) is 64.1 Å². The first-order valence-corrected chi connectivity index (χ1v) is 11.3. The van der Waals surface area contributed by atoms with Gasteiger partial charge in [-0.1, -0.05) is 0 Å². The predicted molar refractivity (Wildman–Crippen MR) is 124 cm³/mol. The first-order valence-electron chi connectivity index (χ1n) is 11.3. The van der Waals surface area contributed by atoms with Crippen LogP contribution in [0.1, 0.15) is 48.9 Å². The Labute approximate surface area is 203 Å². The van der Waals surface area contributed by atoms with Crippen LogP contribution in [-0.2, 0) is 11.3 Å². The van der Waals surface area contributed by atoms with Gasteiger partial charge in [0, 0.05) is 37.7 Å². The van der Waals surface area contributed by atoms with Crippen LogP contribution in [0.5, 0.6) is 11.5 Å². The number of benzene rings is 1. The average molecular weight is 495 g/mol. The molecule has 1 aliphatic rings. The molecule has 1 atom stereocenters. The lowest BCUT2D eigenvalue weighted by atomic mass is 9.73. The highest BCUT2D eigenvalue weighted by Gasteiger charge is 2.62. The second-order valence-corrected chi connectivity index (χ2v) is 9.08. The van der Waals surface area contributed by atoms with E-state index in [1.165, 1.54) is 19.1 Å². The first kappa shape index (κ1) is 26.2. The monoisotopic (exact) mass is 494 g/mol. The third-order valence-corrected chi connectivity index (χ3v) is 6.41. The zero-order chi connectivity index (χ0) is 26.0. The number of carbonyl (C=O) groups is 2. The van der Waals surface area contributed by atoms with Gasteiger partial charge in [0.2, 0.25) is 0 Å². The van der Waals surface area contributed by atoms with Crippen molar-refractivity contribution in [2.24, 2.45) is 0 Å². The van der Waals surface area contributed by atoms with Crippen molar-refractivity contribution < 1.29 is 33.0 Å². The molecule has 0 bridgehead atoms. The van der Waals surface area contributed by atoms with E-state index in [-0.39, 0.29) is 6.54 Å². The Morgan fingerprint density at radius 2 is 1.83 bits per heavy atom. The Kier molecular flexibility index (Phi) is 7.56. The summed E-state index contributed by atoms with van der Waals surface area (Å²) in [6.07, 6.45) is 2.23. The van der Waals surface area contributed by atoms with E-state index in [1.54, 1.807) is 29.9 Å². The van der Waals surface area contributed by atoms with Crippen molar-refractivity contribution in [2.75, 3.05) is 20.8 Å². The number of hydrogen-bond donors (Lipinski definition) is 2. The minimum atomic E-state index is -3.13. The van der Waals surface area contributed by atoms with Crippen LogP contribution in [0.15, 0.2) is 24.5 Å². The summed E-state index contributed by atoms with van der Waals surface area (Å²) in [6.45, 7) is 6.30. The van der Waals surface area contributed by atoms with Gasteiger partial charge in [0.15, 0.2) is 5.54 Å². The molecule has 1 aromatic carbocycles. The molecular weight excluding hydrogens is 462 g/mol. The van der Waals surface area contributed by atoms with E-state index in [1.807, 2.05) is 20.0 Å². The summed E-state index contributed by atoms with van der Waals surface area (Å²) in [5, 5.41) is 16.2. The lowest BCUT2D eigenvalue weighted by Gasteiger charge is -2.45. The number of carbonyl (C=O) groups excluding carboxylic acids is 1. The quantitative estimate of drug-likeness (QED) is 0.519.